The molecule has 4 rings (SSSR count). The fourth-order valence-corrected chi connectivity index (χ4v) is 4.71. The molecule has 5 nitrogen and oxygen atoms in total. The summed E-state index contributed by atoms with van der Waals surface area (Å²) in [4.78, 5) is 0. The number of aromatic nitrogens is 2. The molecule has 32 heavy (non-hydrogen) atoms. The molecule has 0 saturated carbocycles. The molecule has 0 bridgehead atoms. The Morgan fingerprint density at radius 1 is 0.719 bits per heavy atom. The van der Waals surface area contributed by atoms with E-state index in [0.29, 0.717) is 0 Å². The van der Waals surface area contributed by atoms with Crippen LogP contribution < -0.4 is 0 Å². The molecular formula is C24H23CrFN3O2P. The van der Waals surface area contributed by atoms with Crippen molar-refractivity contribution >= 4 is 8.37 Å². The molecule has 8 heteroatoms. The minimum Gasteiger partial charge on any atom is 0 e. The monoisotopic (exact) mass is 487 g/mol. The van der Waals surface area contributed by atoms with Crippen molar-refractivity contribution in [1.82, 2.24) is 13.3 Å². The van der Waals surface area contributed by atoms with Crippen LogP contribution in [0.25, 0.3) is 0 Å². The van der Waals surface area contributed by atoms with Gasteiger partial charge in [-0.05, 0) is 49.0 Å². The van der Waals surface area contributed by atoms with Crippen LogP contribution >= 0.6 is 8.37 Å². The molecule has 0 fully saturated rings. The van der Waals surface area contributed by atoms with E-state index in [9.17, 15) is 4.39 Å². The van der Waals surface area contributed by atoms with E-state index >= 15 is 0 Å². The van der Waals surface area contributed by atoms with Gasteiger partial charge in [0.15, 0.2) is 8.37 Å². The third-order valence-electron chi connectivity index (χ3n) is 3.88. The van der Waals surface area contributed by atoms with Gasteiger partial charge in [0.25, 0.3) is 0 Å². The first kappa shape index (κ1) is 29.3. The Bertz CT molecular complexity index is 939. The van der Waals surface area contributed by atoms with Crippen LogP contribution in [0.4, 0.5) is 4.39 Å². The van der Waals surface area contributed by atoms with Gasteiger partial charge >= 0.3 is 22.6 Å². The zero-order valence-corrected chi connectivity index (χ0v) is 19.7. The molecule has 2 aromatic carbocycles. The topological polar surface area (TPSA) is 52.9 Å². The van der Waals surface area contributed by atoms with Gasteiger partial charge in [-0.2, -0.15) is 0 Å². The van der Waals surface area contributed by atoms with E-state index in [-0.39, 0.29) is 23.2 Å². The first-order valence-corrected chi connectivity index (χ1v) is 10.4. The second-order valence-corrected chi connectivity index (χ2v) is 8.13. The van der Waals surface area contributed by atoms with Crippen molar-refractivity contribution in [3.63, 3.8) is 0 Å². The first-order chi connectivity index (χ1) is 15.2. The van der Waals surface area contributed by atoms with Crippen LogP contribution in [0.15, 0.2) is 110 Å². The number of hydrogen-bond acceptors (Lipinski definition) is 1. The molecule has 2 heterocycles. The molecule has 0 radical (unpaired) electrons. The van der Waals surface area contributed by atoms with Crippen molar-refractivity contribution < 1.29 is 31.1 Å². The van der Waals surface area contributed by atoms with E-state index < -0.39 is 8.37 Å². The fourth-order valence-electron chi connectivity index (χ4n) is 2.69. The molecule has 0 aliphatic rings. The van der Waals surface area contributed by atoms with E-state index in [1.165, 1.54) is 17.7 Å². The average molecular weight is 487 g/mol. The van der Waals surface area contributed by atoms with Gasteiger partial charge in [-0.1, -0.05) is 48.5 Å². The van der Waals surface area contributed by atoms with E-state index in [4.69, 9.17) is 9.30 Å². The van der Waals surface area contributed by atoms with Gasteiger partial charge in [0.05, 0.1) is 0 Å². The first-order valence-electron chi connectivity index (χ1n) is 9.17. The van der Waals surface area contributed by atoms with Gasteiger partial charge in [-0.3, -0.25) is 0 Å². The number of halogens is 1. The summed E-state index contributed by atoms with van der Waals surface area (Å²) in [5, 5.41) is 0. The van der Waals surface area contributed by atoms with E-state index in [1.54, 1.807) is 18.2 Å². The van der Waals surface area contributed by atoms with Crippen molar-refractivity contribution in [3.05, 3.63) is 134 Å². The van der Waals surface area contributed by atoms with Crippen LogP contribution in [0.3, 0.4) is 0 Å². The Morgan fingerprint density at radius 3 is 1.44 bits per heavy atom. The molecule has 0 amide bonds. The summed E-state index contributed by atoms with van der Waals surface area (Å²) in [5.74, 6) is -0.178. The van der Waals surface area contributed by atoms with Crippen molar-refractivity contribution in [3.8, 4) is 0 Å². The summed E-state index contributed by atoms with van der Waals surface area (Å²) in [7, 11) is 1.58. The van der Waals surface area contributed by atoms with Crippen LogP contribution in [0.5, 0.6) is 0 Å². The summed E-state index contributed by atoms with van der Waals surface area (Å²) in [5.41, 5.74) is 1.34. The molecule has 0 atom stereocenters. The summed E-state index contributed by atoms with van der Waals surface area (Å²) >= 11 is 0. The maximum Gasteiger partial charge on any atom is 0 e. The van der Waals surface area contributed by atoms with Crippen LogP contribution in [-0.2, 0) is 33.2 Å². The van der Waals surface area contributed by atoms with Gasteiger partial charge < -0.3 is 8.68 Å². The Kier molecular flexibility index (Phi) is 16.5. The van der Waals surface area contributed by atoms with Crippen molar-refractivity contribution in [2.24, 2.45) is 0 Å². The van der Waals surface area contributed by atoms with Crippen LogP contribution in [0, 0.1) is 19.1 Å². The largest absolute Gasteiger partial charge is 0 e. The molecule has 0 aliphatic carbocycles. The zero-order valence-electron chi connectivity index (χ0n) is 17.5. The summed E-state index contributed by atoms with van der Waals surface area (Å²) in [6, 6.07) is 26.9. The molecule has 0 unspecified atom stereocenters. The molecule has 0 aliphatic heterocycles. The maximum absolute atomic E-state index is 11.9. The number of rotatable bonds is 5. The van der Waals surface area contributed by atoms with Crippen LogP contribution in [-0.4, -0.2) is 20.4 Å². The minimum absolute atomic E-state index is 0. The van der Waals surface area contributed by atoms with Crippen molar-refractivity contribution in [2.75, 3.05) is 7.05 Å². The smallest absolute Gasteiger partial charge is 0 e. The Labute approximate surface area is 200 Å². The maximum atomic E-state index is 11.9. The van der Waals surface area contributed by atoms with Gasteiger partial charge in [0.1, 0.15) is 5.82 Å². The average Bonchev–Trinajstić information content (AvgIpc) is 3.54. The second-order valence-electron chi connectivity index (χ2n) is 5.99. The predicted octanol–water partition coefficient (Wildman–Crippen LogP) is 5.79. The summed E-state index contributed by atoms with van der Waals surface area (Å²) in [6.45, 7) is 9.93. The SMILES string of the molecule is CN(Cc1ccccc1)P(n1cccc1)n1cccc1.Fc1ccccc1.[C-]#[O+].[C-]#[O+].[Cr]. The number of nitrogens with zero attached hydrogens (tertiary/aromatic N) is 3. The van der Waals surface area contributed by atoms with Crippen LogP contribution in [0.2, 0.25) is 0 Å². The summed E-state index contributed by atoms with van der Waals surface area (Å²) < 4.78 is 33.9. The minimum atomic E-state index is -0.595. The molecule has 0 spiro atoms. The molecule has 2 aromatic heterocycles. The molecule has 4 aromatic rings. The fraction of sp³-hybridized carbons (Fsp3) is 0.0833. The number of hydrogen-bond donors (Lipinski definition) is 0. The van der Waals surface area contributed by atoms with Gasteiger partial charge in [-0.15, -0.1) is 0 Å². The second kappa shape index (κ2) is 18.0. The quantitative estimate of drug-likeness (QED) is 0.200. The molecular weight excluding hydrogens is 464 g/mol. The Balaban J connectivity index is 0.000000676. The molecule has 0 N–H and O–H groups in total. The third-order valence-corrected chi connectivity index (χ3v) is 5.99. The van der Waals surface area contributed by atoms with Gasteiger partial charge in [-0.25, -0.2) is 9.06 Å². The summed E-state index contributed by atoms with van der Waals surface area (Å²) in [6.07, 6.45) is 8.53. The zero-order chi connectivity index (χ0) is 22.9. The standard InChI is InChI=1S/C16H18N3P.C6H5F.2CO.Cr/c1-17(15-16-9-3-2-4-10-16)20(18-11-5-6-12-18)19-13-7-8-14-19;7-6-4-2-1-3-5-6;2*1-2;/h2-14H,15H2,1H3;1-5H;;;. The van der Waals surface area contributed by atoms with E-state index in [0.717, 1.165) is 6.54 Å². The third kappa shape index (κ3) is 10.1. The Morgan fingerprint density at radius 2 is 1.09 bits per heavy atom. The number of benzene rings is 2. The predicted molar refractivity (Wildman–Crippen MR) is 119 cm³/mol. The molecule has 164 valence electrons. The van der Waals surface area contributed by atoms with E-state index in [2.05, 4.69) is 113 Å². The van der Waals surface area contributed by atoms with Crippen LogP contribution in [0.1, 0.15) is 5.56 Å². The van der Waals surface area contributed by atoms with Crippen molar-refractivity contribution in [1.29, 1.82) is 0 Å². The normalized spacial score (nSPS) is 9.12. The van der Waals surface area contributed by atoms with Crippen molar-refractivity contribution in [2.45, 2.75) is 6.54 Å². The van der Waals surface area contributed by atoms with E-state index in [1.807, 2.05) is 0 Å². The Hall–Kier alpha value is -2.67. The van der Waals surface area contributed by atoms with Gasteiger partial charge in [0.2, 0.25) is 0 Å². The van der Waals surface area contributed by atoms with Gasteiger partial charge in [0, 0.05) is 48.7 Å². The molecule has 0 saturated heterocycles.